The lowest BCUT2D eigenvalue weighted by molar-refractivity contribution is -0.136. The fourth-order valence-corrected chi connectivity index (χ4v) is 3.28. The largest absolute Gasteiger partial charge is 0.444 e. The van der Waals surface area contributed by atoms with Gasteiger partial charge in [-0.3, -0.25) is 14.7 Å². The molecular formula is C17H24N4O4. The minimum Gasteiger partial charge on any atom is -0.444 e. The number of ether oxygens (including phenoxy) is 2. The highest BCUT2D eigenvalue weighted by atomic mass is 16.6. The van der Waals surface area contributed by atoms with Crippen molar-refractivity contribution in [1.29, 1.82) is 0 Å². The smallest absolute Gasteiger partial charge is 0.415 e. The third kappa shape index (κ3) is 4.25. The Balaban J connectivity index is 1.51. The highest BCUT2D eigenvalue weighted by Gasteiger charge is 2.30. The van der Waals surface area contributed by atoms with Crippen molar-refractivity contribution in [2.75, 3.05) is 38.3 Å². The van der Waals surface area contributed by atoms with E-state index in [0.29, 0.717) is 18.3 Å². The van der Waals surface area contributed by atoms with Crippen LogP contribution in [0, 0.1) is 5.92 Å². The van der Waals surface area contributed by atoms with Crippen LogP contribution < -0.4 is 4.90 Å². The van der Waals surface area contributed by atoms with Gasteiger partial charge in [0.1, 0.15) is 12.7 Å². The average Bonchev–Trinajstić information content (AvgIpc) is 2.95. The summed E-state index contributed by atoms with van der Waals surface area (Å²) in [6, 6.07) is 0. The van der Waals surface area contributed by atoms with Gasteiger partial charge in [0, 0.05) is 20.2 Å². The summed E-state index contributed by atoms with van der Waals surface area (Å²) in [6.45, 7) is 4.02. The lowest BCUT2D eigenvalue weighted by Crippen LogP contribution is -2.40. The molecule has 3 rings (SSSR count). The number of anilines is 1. The maximum atomic E-state index is 11.8. The summed E-state index contributed by atoms with van der Waals surface area (Å²) >= 11 is 0. The van der Waals surface area contributed by atoms with Crippen molar-refractivity contribution in [1.82, 2.24) is 14.9 Å². The van der Waals surface area contributed by atoms with Crippen LogP contribution in [0.2, 0.25) is 0 Å². The number of carbonyl (C=O) groups excluding carboxylic acids is 2. The van der Waals surface area contributed by atoms with E-state index in [1.54, 1.807) is 12.4 Å². The number of hydrogen-bond acceptors (Lipinski definition) is 6. The molecule has 0 saturated carbocycles. The topological polar surface area (TPSA) is 84.9 Å². The summed E-state index contributed by atoms with van der Waals surface area (Å²) in [4.78, 5) is 35.7. The first-order chi connectivity index (χ1) is 12.1. The molecule has 0 radical (unpaired) electrons. The fourth-order valence-electron chi connectivity index (χ4n) is 3.28. The van der Waals surface area contributed by atoms with E-state index in [1.165, 1.54) is 12.0 Å². The number of cyclic esters (lactones) is 1. The number of nitrogens with zero attached hydrogens (tertiary/aromatic N) is 4. The second-order valence-corrected chi connectivity index (χ2v) is 6.63. The molecular weight excluding hydrogens is 324 g/mol. The van der Waals surface area contributed by atoms with Gasteiger partial charge in [-0.05, 0) is 32.1 Å². The molecule has 2 aliphatic heterocycles. The molecule has 0 unspecified atom stereocenters. The molecule has 3 heterocycles. The molecule has 1 aromatic rings. The molecule has 0 bridgehead atoms. The maximum absolute atomic E-state index is 11.8. The number of likely N-dealkylation sites (tertiary alicyclic amines) is 1. The number of methoxy groups -OCH3 is 1. The Morgan fingerprint density at radius 1 is 1.32 bits per heavy atom. The third-order valence-corrected chi connectivity index (χ3v) is 4.66. The summed E-state index contributed by atoms with van der Waals surface area (Å²) in [5.74, 6) is 1.07. The molecule has 1 atom stereocenters. The van der Waals surface area contributed by atoms with Crippen LogP contribution in [0.3, 0.4) is 0 Å². The molecule has 2 aliphatic rings. The minimum absolute atomic E-state index is 0.0526. The zero-order valence-electron chi connectivity index (χ0n) is 14.7. The number of hydrogen-bond donors (Lipinski definition) is 0. The predicted molar refractivity (Wildman–Crippen MR) is 90.2 cm³/mol. The fraction of sp³-hybridized carbons (Fsp3) is 0.647. The van der Waals surface area contributed by atoms with Crippen LogP contribution in [0.5, 0.6) is 0 Å². The Bertz CT molecular complexity index is 614. The van der Waals surface area contributed by atoms with Crippen molar-refractivity contribution < 1.29 is 19.1 Å². The normalized spacial score (nSPS) is 21.5. The highest BCUT2D eigenvalue weighted by Crippen LogP contribution is 2.22. The van der Waals surface area contributed by atoms with Gasteiger partial charge in [-0.2, -0.15) is 0 Å². The van der Waals surface area contributed by atoms with Crippen molar-refractivity contribution in [3.63, 3.8) is 0 Å². The number of amides is 2. The molecule has 1 aromatic heterocycles. The van der Waals surface area contributed by atoms with Crippen molar-refractivity contribution in [3.05, 3.63) is 18.1 Å². The summed E-state index contributed by atoms with van der Waals surface area (Å²) < 4.78 is 10.0. The summed E-state index contributed by atoms with van der Waals surface area (Å²) in [6.07, 6.45) is 5.60. The standard InChI is InChI=1S/C17H24N4O4/c1-12-10-21(17(23)25-12)15-9-18-14(8-19-15)7-13-3-5-20(6-4-13)16(22)11-24-2/h8-9,12-13H,3-7,10-11H2,1-2H3/t12-/m1/s1. The second kappa shape index (κ2) is 7.77. The van der Waals surface area contributed by atoms with Crippen molar-refractivity contribution >= 4 is 17.8 Å². The molecule has 0 N–H and O–H groups in total. The van der Waals surface area contributed by atoms with Crippen LogP contribution in [0.25, 0.3) is 0 Å². The molecule has 2 fully saturated rings. The lowest BCUT2D eigenvalue weighted by Gasteiger charge is -2.31. The Morgan fingerprint density at radius 3 is 2.64 bits per heavy atom. The van der Waals surface area contributed by atoms with Gasteiger partial charge in [0.15, 0.2) is 5.82 Å². The van der Waals surface area contributed by atoms with Gasteiger partial charge in [-0.1, -0.05) is 0 Å². The molecule has 2 saturated heterocycles. The molecule has 0 aromatic carbocycles. The van der Waals surface area contributed by atoms with Crippen molar-refractivity contribution in [2.45, 2.75) is 32.3 Å². The Labute approximate surface area is 147 Å². The SMILES string of the molecule is COCC(=O)N1CCC(Cc2cnc(N3C[C@@H](C)OC3=O)cn2)CC1. The summed E-state index contributed by atoms with van der Waals surface area (Å²) in [5, 5.41) is 0. The second-order valence-electron chi connectivity index (χ2n) is 6.63. The van der Waals surface area contributed by atoms with Crippen LogP contribution in [-0.2, 0) is 20.7 Å². The number of carbonyl (C=O) groups is 2. The van der Waals surface area contributed by atoms with E-state index < -0.39 is 0 Å². The first-order valence-electron chi connectivity index (χ1n) is 8.62. The Kier molecular flexibility index (Phi) is 5.47. The van der Waals surface area contributed by atoms with Gasteiger partial charge >= 0.3 is 6.09 Å². The molecule has 25 heavy (non-hydrogen) atoms. The zero-order chi connectivity index (χ0) is 17.8. The van der Waals surface area contributed by atoms with Crippen LogP contribution in [0.1, 0.15) is 25.5 Å². The van der Waals surface area contributed by atoms with E-state index in [0.717, 1.165) is 38.0 Å². The van der Waals surface area contributed by atoms with E-state index >= 15 is 0 Å². The van der Waals surface area contributed by atoms with Crippen molar-refractivity contribution in [2.24, 2.45) is 5.92 Å². The average molecular weight is 348 g/mol. The monoisotopic (exact) mass is 348 g/mol. The van der Waals surface area contributed by atoms with E-state index in [-0.39, 0.29) is 24.7 Å². The first kappa shape index (κ1) is 17.6. The van der Waals surface area contributed by atoms with Gasteiger partial charge in [0.25, 0.3) is 0 Å². The van der Waals surface area contributed by atoms with Gasteiger partial charge in [0.2, 0.25) is 5.91 Å². The van der Waals surface area contributed by atoms with E-state index in [1.807, 2.05) is 11.8 Å². The van der Waals surface area contributed by atoms with Crippen LogP contribution >= 0.6 is 0 Å². The van der Waals surface area contributed by atoms with Crippen LogP contribution in [0.4, 0.5) is 10.6 Å². The van der Waals surface area contributed by atoms with Gasteiger partial charge in [0.05, 0.1) is 24.6 Å². The molecule has 0 spiro atoms. The quantitative estimate of drug-likeness (QED) is 0.796. The molecule has 0 aliphatic carbocycles. The van der Waals surface area contributed by atoms with E-state index in [9.17, 15) is 9.59 Å². The van der Waals surface area contributed by atoms with Gasteiger partial charge < -0.3 is 14.4 Å². The van der Waals surface area contributed by atoms with Crippen molar-refractivity contribution in [3.8, 4) is 0 Å². The number of rotatable bonds is 5. The van der Waals surface area contributed by atoms with Crippen LogP contribution in [-0.4, -0.2) is 66.3 Å². The molecule has 136 valence electrons. The van der Waals surface area contributed by atoms with Gasteiger partial charge in [-0.15, -0.1) is 0 Å². The third-order valence-electron chi connectivity index (χ3n) is 4.66. The number of piperidine rings is 1. The van der Waals surface area contributed by atoms with Gasteiger partial charge in [-0.25, -0.2) is 9.78 Å². The highest BCUT2D eigenvalue weighted by molar-refractivity contribution is 5.88. The molecule has 8 heteroatoms. The molecule has 8 nitrogen and oxygen atoms in total. The summed E-state index contributed by atoms with van der Waals surface area (Å²) in [5.41, 5.74) is 0.908. The zero-order valence-corrected chi connectivity index (χ0v) is 14.7. The predicted octanol–water partition coefficient (Wildman–Crippen LogP) is 1.25. The van der Waals surface area contributed by atoms with Crippen LogP contribution in [0.15, 0.2) is 12.4 Å². The first-order valence-corrected chi connectivity index (χ1v) is 8.62. The summed E-state index contributed by atoms with van der Waals surface area (Å²) in [7, 11) is 1.54. The minimum atomic E-state index is -0.373. The number of aromatic nitrogens is 2. The van der Waals surface area contributed by atoms with E-state index in [2.05, 4.69) is 9.97 Å². The Hall–Kier alpha value is -2.22. The Morgan fingerprint density at radius 2 is 2.08 bits per heavy atom. The molecule has 2 amide bonds. The van der Waals surface area contributed by atoms with E-state index in [4.69, 9.17) is 9.47 Å². The maximum Gasteiger partial charge on any atom is 0.415 e. The lowest BCUT2D eigenvalue weighted by atomic mass is 9.92.